The van der Waals surface area contributed by atoms with Crippen LogP contribution in [-0.2, 0) is 5.75 Å². The van der Waals surface area contributed by atoms with Crippen LogP contribution < -0.4 is 5.73 Å². The Labute approximate surface area is 111 Å². The summed E-state index contributed by atoms with van der Waals surface area (Å²) in [5.41, 5.74) is 9.88. The van der Waals surface area contributed by atoms with Gasteiger partial charge in [0.1, 0.15) is 5.82 Å². The van der Waals surface area contributed by atoms with Gasteiger partial charge in [0.15, 0.2) is 0 Å². The zero-order valence-electron chi connectivity index (χ0n) is 10.5. The highest BCUT2D eigenvalue weighted by Crippen LogP contribution is 2.28. The molecule has 94 valence electrons. The maximum absolute atomic E-state index is 13.2. The molecule has 0 saturated carbocycles. The van der Waals surface area contributed by atoms with Crippen molar-refractivity contribution in [3.63, 3.8) is 0 Å². The molecule has 18 heavy (non-hydrogen) atoms. The van der Waals surface area contributed by atoms with Crippen LogP contribution in [0.3, 0.4) is 0 Å². The molecule has 0 unspecified atom stereocenters. The van der Waals surface area contributed by atoms with Gasteiger partial charge in [-0.05, 0) is 54.8 Å². The summed E-state index contributed by atoms with van der Waals surface area (Å²) in [5, 5.41) is 0. The molecule has 2 N–H and O–H groups in total. The predicted molar refractivity (Wildman–Crippen MR) is 76.3 cm³/mol. The minimum atomic E-state index is -0.180. The zero-order valence-corrected chi connectivity index (χ0v) is 11.4. The molecule has 0 aromatic heterocycles. The molecular formula is C15H16FNS. The molecule has 0 atom stereocenters. The number of thioether (sulfide) groups is 1. The number of rotatable bonds is 3. The number of hydrogen-bond donors (Lipinski definition) is 1. The van der Waals surface area contributed by atoms with E-state index in [-0.39, 0.29) is 5.82 Å². The van der Waals surface area contributed by atoms with E-state index in [0.717, 1.165) is 27.5 Å². The minimum Gasteiger partial charge on any atom is -0.399 e. The summed E-state index contributed by atoms with van der Waals surface area (Å²) in [5.74, 6) is 0.578. The predicted octanol–water partition coefficient (Wildman–Crippen LogP) is 4.32. The first kappa shape index (κ1) is 13.0. The molecule has 2 aromatic rings. The van der Waals surface area contributed by atoms with Gasteiger partial charge in [0.25, 0.3) is 0 Å². The number of nitrogens with two attached hydrogens (primary N) is 1. The van der Waals surface area contributed by atoms with E-state index in [9.17, 15) is 4.39 Å². The topological polar surface area (TPSA) is 26.0 Å². The van der Waals surface area contributed by atoms with Gasteiger partial charge >= 0.3 is 0 Å². The molecule has 0 aliphatic heterocycles. The highest BCUT2D eigenvalue weighted by Gasteiger charge is 2.04. The number of aryl methyl sites for hydroxylation is 2. The fourth-order valence-corrected chi connectivity index (χ4v) is 2.86. The molecule has 0 radical (unpaired) electrons. The average molecular weight is 261 g/mol. The van der Waals surface area contributed by atoms with Gasteiger partial charge in [-0.25, -0.2) is 4.39 Å². The Kier molecular flexibility index (Phi) is 3.92. The molecule has 0 aliphatic carbocycles. The van der Waals surface area contributed by atoms with Crippen LogP contribution in [0.15, 0.2) is 41.3 Å². The molecule has 1 nitrogen and oxygen atoms in total. The van der Waals surface area contributed by atoms with Gasteiger partial charge in [0.2, 0.25) is 0 Å². The molecule has 0 heterocycles. The van der Waals surface area contributed by atoms with Crippen molar-refractivity contribution in [3.8, 4) is 0 Å². The van der Waals surface area contributed by atoms with Crippen LogP contribution in [0.2, 0.25) is 0 Å². The lowest BCUT2D eigenvalue weighted by Gasteiger charge is -2.09. The van der Waals surface area contributed by atoms with Crippen molar-refractivity contribution in [2.24, 2.45) is 0 Å². The Balaban J connectivity index is 2.16. The standard InChI is InChI=1S/C15H16FNS/c1-10-3-5-13(16)7-12(10)9-18-15-8-14(17)6-4-11(15)2/h3-8H,9,17H2,1-2H3. The number of halogens is 1. The summed E-state index contributed by atoms with van der Waals surface area (Å²) < 4.78 is 13.2. The smallest absolute Gasteiger partial charge is 0.123 e. The van der Waals surface area contributed by atoms with Crippen LogP contribution in [0.4, 0.5) is 10.1 Å². The molecule has 0 bridgehead atoms. The lowest BCUT2D eigenvalue weighted by atomic mass is 10.1. The van der Waals surface area contributed by atoms with Crippen molar-refractivity contribution < 1.29 is 4.39 Å². The second-order valence-electron chi connectivity index (χ2n) is 4.38. The molecule has 0 amide bonds. The lowest BCUT2D eigenvalue weighted by Crippen LogP contribution is -1.91. The number of benzene rings is 2. The van der Waals surface area contributed by atoms with Gasteiger partial charge in [-0.15, -0.1) is 11.8 Å². The maximum atomic E-state index is 13.2. The van der Waals surface area contributed by atoms with E-state index in [1.165, 1.54) is 11.6 Å². The monoisotopic (exact) mass is 261 g/mol. The highest BCUT2D eigenvalue weighted by molar-refractivity contribution is 7.98. The van der Waals surface area contributed by atoms with Crippen LogP contribution in [0.25, 0.3) is 0 Å². The SMILES string of the molecule is Cc1ccc(F)cc1CSc1cc(N)ccc1C. The average Bonchev–Trinajstić information content (AvgIpc) is 2.34. The van der Waals surface area contributed by atoms with Gasteiger partial charge in [0, 0.05) is 16.3 Å². The normalized spacial score (nSPS) is 10.6. The van der Waals surface area contributed by atoms with E-state index in [1.807, 2.05) is 31.2 Å². The van der Waals surface area contributed by atoms with Crippen LogP contribution in [0.1, 0.15) is 16.7 Å². The van der Waals surface area contributed by atoms with E-state index in [4.69, 9.17) is 5.73 Å². The molecule has 0 fully saturated rings. The van der Waals surface area contributed by atoms with E-state index >= 15 is 0 Å². The first-order valence-corrected chi connectivity index (χ1v) is 6.79. The van der Waals surface area contributed by atoms with Gasteiger partial charge in [-0.2, -0.15) is 0 Å². The summed E-state index contributed by atoms with van der Waals surface area (Å²) in [7, 11) is 0. The fraction of sp³-hybridized carbons (Fsp3) is 0.200. The number of nitrogen functional groups attached to an aromatic ring is 1. The van der Waals surface area contributed by atoms with Crippen molar-refractivity contribution in [3.05, 3.63) is 58.9 Å². The third-order valence-corrected chi connectivity index (χ3v) is 4.11. The summed E-state index contributed by atoms with van der Waals surface area (Å²) >= 11 is 1.69. The Bertz CT molecular complexity index is 515. The number of anilines is 1. The molecule has 0 spiro atoms. The lowest BCUT2D eigenvalue weighted by molar-refractivity contribution is 0.626. The van der Waals surface area contributed by atoms with Crippen molar-refractivity contribution in [1.29, 1.82) is 0 Å². The van der Waals surface area contributed by atoms with E-state index < -0.39 is 0 Å². The number of hydrogen-bond acceptors (Lipinski definition) is 2. The zero-order chi connectivity index (χ0) is 13.1. The fourth-order valence-electron chi connectivity index (χ4n) is 1.72. The summed E-state index contributed by atoms with van der Waals surface area (Å²) in [6.07, 6.45) is 0. The van der Waals surface area contributed by atoms with Crippen molar-refractivity contribution in [1.82, 2.24) is 0 Å². The van der Waals surface area contributed by atoms with Crippen molar-refractivity contribution >= 4 is 17.4 Å². The van der Waals surface area contributed by atoms with Gasteiger partial charge < -0.3 is 5.73 Å². The quantitative estimate of drug-likeness (QED) is 0.658. The molecule has 0 saturated heterocycles. The van der Waals surface area contributed by atoms with Gasteiger partial charge in [0.05, 0.1) is 0 Å². The summed E-state index contributed by atoms with van der Waals surface area (Å²) in [6, 6.07) is 10.8. The first-order chi connectivity index (χ1) is 8.56. The van der Waals surface area contributed by atoms with Crippen molar-refractivity contribution in [2.75, 3.05) is 5.73 Å². The van der Waals surface area contributed by atoms with E-state index in [1.54, 1.807) is 17.8 Å². The summed E-state index contributed by atoms with van der Waals surface area (Å²) in [4.78, 5) is 1.15. The molecule has 2 aromatic carbocycles. The Hall–Kier alpha value is -1.48. The second-order valence-corrected chi connectivity index (χ2v) is 5.40. The van der Waals surface area contributed by atoms with Gasteiger partial charge in [-0.1, -0.05) is 12.1 Å². The van der Waals surface area contributed by atoms with E-state index in [2.05, 4.69) is 6.92 Å². The van der Waals surface area contributed by atoms with E-state index in [0.29, 0.717) is 0 Å². The summed E-state index contributed by atoms with van der Waals surface area (Å²) in [6.45, 7) is 4.06. The van der Waals surface area contributed by atoms with Crippen molar-refractivity contribution in [2.45, 2.75) is 24.5 Å². The highest BCUT2D eigenvalue weighted by atomic mass is 32.2. The second kappa shape index (κ2) is 5.44. The van der Waals surface area contributed by atoms with Crippen LogP contribution in [-0.4, -0.2) is 0 Å². The third-order valence-electron chi connectivity index (χ3n) is 2.91. The molecule has 0 aliphatic rings. The minimum absolute atomic E-state index is 0.180. The van der Waals surface area contributed by atoms with Gasteiger partial charge in [-0.3, -0.25) is 0 Å². The molecule has 3 heteroatoms. The van der Waals surface area contributed by atoms with Crippen LogP contribution in [0, 0.1) is 19.7 Å². The first-order valence-electron chi connectivity index (χ1n) is 5.80. The Morgan fingerprint density at radius 3 is 2.56 bits per heavy atom. The third kappa shape index (κ3) is 3.05. The largest absolute Gasteiger partial charge is 0.399 e. The molecule has 2 rings (SSSR count). The van der Waals surface area contributed by atoms with Crippen LogP contribution >= 0.6 is 11.8 Å². The molecular weight excluding hydrogens is 245 g/mol. The maximum Gasteiger partial charge on any atom is 0.123 e. The van der Waals surface area contributed by atoms with Crippen LogP contribution in [0.5, 0.6) is 0 Å². The Morgan fingerprint density at radius 1 is 1.06 bits per heavy atom. The Morgan fingerprint density at radius 2 is 1.78 bits per heavy atom.